The van der Waals surface area contributed by atoms with Crippen LogP contribution in [0.1, 0.15) is 46.6 Å². The van der Waals surface area contributed by atoms with Gasteiger partial charge in [-0.1, -0.05) is 0 Å². The number of halogens is 1. The summed E-state index contributed by atoms with van der Waals surface area (Å²) in [5, 5.41) is 3.87. The largest absolute Gasteiger partial charge is 0.525 e. The summed E-state index contributed by atoms with van der Waals surface area (Å²) < 4.78 is 32.0. The van der Waals surface area contributed by atoms with Gasteiger partial charge in [0.25, 0.3) is 0 Å². The van der Waals surface area contributed by atoms with Crippen molar-refractivity contribution in [2.24, 2.45) is 0 Å². The lowest BCUT2D eigenvalue weighted by Gasteiger charge is -2.32. The fraction of sp³-hybridized carbons (Fsp3) is 0.625. The van der Waals surface area contributed by atoms with E-state index < -0.39 is 18.3 Å². The van der Waals surface area contributed by atoms with Gasteiger partial charge in [0.15, 0.2) is 0 Å². The number of rotatable bonds is 6. The van der Waals surface area contributed by atoms with E-state index in [0.717, 1.165) is 5.56 Å². The number of thiophene rings is 1. The lowest BCUT2D eigenvalue weighted by Crippen LogP contribution is -2.41. The normalized spacial score (nSPS) is 21.1. The molecule has 122 valence electrons. The molecule has 0 spiro atoms. The molecule has 0 radical (unpaired) electrons. The molecule has 0 saturated carbocycles. The molecule has 0 bridgehead atoms. The molecule has 3 nitrogen and oxygen atoms in total. The second kappa shape index (κ2) is 6.83. The van der Waals surface area contributed by atoms with Crippen molar-refractivity contribution in [3.8, 4) is 0 Å². The third kappa shape index (κ3) is 3.62. The van der Waals surface area contributed by atoms with E-state index in [2.05, 4.69) is 0 Å². The molecule has 0 amide bonds. The fourth-order valence-corrected chi connectivity index (χ4v) is 2.92. The Kier molecular flexibility index (Phi) is 5.48. The predicted octanol–water partition coefficient (Wildman–Crippen LogP) is 4.49. The second-order valence-corrected chi connectivity index (χ2v) is 7.15. The summed E-state index contributed by atoms with van der Waals surface area (Å²) >= 11 is 1.54. The van der Waals surface area contributed by atoms with Gasteiger partial charge in [0.1, 0.15) is 5.73 Å². The zero-order chi connectivity index (χ0) is 16.4. The summed E-state index contributed by atoms with van der Waals surface area (Å²) in [5.74, 6) is 0. The van der Waals surface area contributed by atoms with Crippen molar-refractivity contribution in [3.63, 3.8) is 0 Å². The van der Waals surface area contributed by atoms with Gasteiger partial charge in [-0.05, 0) is 69.0 Å². The Labute approximate surface area is 136 Å². The number of hydrogen-bond donors (Lipinski definition) is 0. The first kappa shape index (κ1) is 17.7. The lowest BCUT2D eigenvalue weighted by molar-refractivity contribution is 0.00578. The van der Waals surface area contributed by atoms with Crippen molar-refractivity contribution in [2.45, 2.75) is 52.2 Å². The van der Waals surface area contributed by atoms with Crippen LogP contribution in [0.25, 0.3) is 5.57 Å². The van der Waals surface area contributed by atoms with Crippen molar-refractivity contribution < 1.29 is 18.4 Å². The molecule has 0 aromatic carbocycles. The molecular formula is C16H24BFO3S. The maximum Gasteiger partial charge on any atom is 0.525 e. The second-order valence-electron chi connectivity index (χ2n) is 6.37. The Hall–Kier alpha value is -0.685. The molecule has 2 heterocycles. The van der Waals surface area contributed by atoms with Gasteiger partial charge in [-0.3, -0.25) is 0 Å². The molecule has 6 heteroatoms. The number of ether oxygens (including phenoxy) is 1. The molecule has 0 N–H and O–H groups in total. The topological polar surface area (TPSA) is 27.7 Å². The Morgan fingerprint density at radius 3 is 2.41 bits per heavy atom. The van der Waals surface area contributed by atoms with Crippen molar-refractivity contribution in [1.82, 2.24) is 0 Å². The van der Waals surface area contributed by atoms with E-state index in [1.54, 1.807) is 11.3 Å². The molecule has 0 unspecified atom stereocenters. The van der Waals surface area contributed by atoms with E-state index in [1.807, 2.05) is 51.4 Å². The maximum atomic E-state index is 15.0. The third-order valence-electron chi connectivity index (χ3n) is 4.32. The zero-order valence-corrected chi connectivity index (χ0v) is 14.8. The van der Waals surface area contributed by atoms with Crippen molar-refractivity contribution in [2.75, 3.05) is 13.2 Å². The highest BCUT2D eigenvalue weighted by Gasteiger charge is 2.53. The van der Waals surface area contributed by atoms with E-state index in [0.29, 0.717) is 25.2 Å². The van der Waals surface area contributed by atoms with Crippen LogP contribution < -0.4 is 0 Å². The third-order valence-corrected chi connectivity index (χ3v) is 5.00. The molecule has 1 saturated heterocycles. The van der Waals surface area contributed by atoms with Crippen LogP contribution in [0.3, 0.4) is 0 Å². The highest BCUT2D eigenvalue weighted by molar-refractivity contribution is 7.08. The monoisotopic (exact) mass is 326 g/mol. The van der Waals surface area contributed by atoms with Crippen LogP contribution in [0.15, 0.2) is 22.6 Å². The van der Waals surface area contributed by atoms with Crippen LogP contribution in [-0.2, 0) is 14.0 Å². The first-order valence-electron chi connectivity index (χ1n) is 7.63. The van der Waals surface area contributed by atoms with E-state index in [-0.39, 0.29) is 5.73 Å². The maximum absolute atomic E-state index is 15.0. The van der Waals surface area contributed by atoms with E-state index in [9.17, 15) is 0 Å². The fourth-order valence-electron chi connectivity index (χ4n) is 2.25. The summed E-state index contributed by atoms with van der Waals surface area (Å²) in [6.07, 6.45) is 0.500. The molecule has 0 aliphatic carbocycles. The van der Waals surface area contributed by atoms with E-state index in [4.69, 9.17) is 14.0 Å². The van der Waals surface area contributed by atoms with Gasteiger partial charge in [-0.25, -0.2) is 4.39 Å². The standard InChI is InChI=1S/C16H24BFO3S/c1-6-19-9-7-13(12-8-10-22-11-12)14(18)17-20-15(2,3)16(4,5)21-17/h8,10-11H,6-7,9H2,1-5H3. The first-order valence-corrected chi connectivity index (χ1v) is 8.57. The number of hydrogen-bond acceptors (Lipinski definition) is 4. The van der Waals surface area contributed by atoms with Crippen molar-refractivity contribution in [3.05, 3.63) is 28.1 Å². The van der Waals surface area contributed by atoms with Gasteiger partial charge in [0.05, 0.1) is 17.8 Å². The Morgan fingerprint density at radius 1 is 1.27 bits per heavy atom. The average molecular weight is 326 g/mol. The van der Waals surface area contributed by atoms with Crippen molar-refractivity contribution >= 4 is 24.0 Å². The van der Waals surface area contributed by atoms with Gasteiger partial charge in [-0.15, -0.1) is 0 Å². The summed E-state index contributed by atoms with van der Waals surface area (Å²) in [6, 6.07) is 1.91. The van der Waals surface area contributed by atoms with Gasteiger partial charge in [-0.2, -0.15) is 11.3 Å². The van der Waals surface area contributed by atoms with Crippen LogP contribution >= 0.6 is 11.3 Å². The molecule has 1 fully saturated rings. The Balaban J connectivity index is 2.26. The van der Waals surface area contributed by atoms with E-state index >= 15 is 4.39 Å². The molecule has 1 aromatic heterocycles. The molecule has 22 heavy (non-hydrogen) atoms. The van der Waals surface area contributed by atoms with Crippen molar-refractivity contribution in [1.29, 1.82) is 0 Å². The minimum Gasteiger partial charge on any atom is -0.398 e. The molecule has 0 atom stereocenters. The SMILES string of the molecule is CCOCCC(=C(F)B1OC(C)(C)C(C)(C)O1)c1ccsc1. The smallest absolute Gasteiger partial charge is 0.398 e. The molecule has 1 aromatic rings. The summed E-state index contributed by atoms with van der Waals surface area (Å²) in [7, 11) is -0.957. The quantitative estimate of drug-likeness (QED) is 0.569. The summed E-state index contributed by atoms with van der Waals surface area (Å²) in [6.45, 7) is 10.7. The van der Waals surface area contributed by atoms with Gasteiger partial charge in [0.2, 0.25) is 0 Å². The highest BCUT2D eigenvalue weighted by Crippen LogP contribution is 2.40. The van der Waals surface area contributed by atoms with Crippen LogP contribution in [0.2, 0.25) is 0 Å². The lowest BCUT2D eigenvalue weighted by atomic mass is 9.82. The predicted molar refractivity (Wildman–Crippen MR) is 89.5 cm³/mol. The minimum atomic E-state index is -0.957. The summed E-state index contributed by atoms with van der Waals surface area (Å²) in [5.41, 5.74) is 0.0328. The Bertz CT molecular complexity index is 510. The van der Waals surface area contributed by atoms with Gasteiger partial charge < -0.3 is 14.0 Å². The van der Waals surface area contributed by atoms with Gasteiger partial charge in [0, 0.05) is 6.61 Å². The van der Waals surface area contributed by atoms with Crippen LogP contribution in [0.4, 0.5) is 4.39 Å². The molecule has 1 aliphatic rings. The van der Waals surface area contributed by atoms with Crippen LogP contribution in [-0.4, -0.2) is 31.5 Å². The highest BCUT2D eigenvalue weighted by atomic mass is 32.1. The molecular weight excluding hydrogens is 302 g/mol. The summed E-state index contributed by atoms with van der Waals surface area (Å²) in [4.78, 5) is 0. The average Bonchev–Trinajstić information content (AvgIpc) is 3.01. The minimum absolute atomic E-state index is 0.350. The van der Waals surface area contributed by atoms with E-state index in [1.165, 1.54) is 0 Å². The molecule has 2 rings (SSSR count). The van der Waals surface area contributed by atoms with Gasteiger partial charge >= 0.3 is 7.12 Å². The van der Waals surface area contributed by atoms with Crippen LogP contribution in [0.5, 0.6) is 0 Å². The molecule has 1 aliphatic heterocycles. The Morgan fingerprint density at radius 2 is 1.91 bits per heavy atom. The van der Waals surface area contributed by atoms with Crippen LogP contribution in [0, 0.1) is 0 Å². The zero-order valence-electron chi connectivity index (χ0n) is 13.9. The first-order chi connectivity index (χ1) is 10.3.